The Hall–Kier alpha value is -1.84. The summed E-state index contributed by atoms with van der Waals surface area (Å²) in [5.41, 5.74) is 0. The van der Waals surface area contributed by atoms with E-state index in [1.54, 1.807) is 29.2 Å². The molecule has 2 fully saturated rings. The molecule has 2 amide bonds. The fraction of sp³-hybridized carbons (Fsp3) is 0.611. The van der Waals surface area contributed by atoms with Gasteiger partial charge in [-0.05, 0) is 49.9 Å². The van der Waals surface area contributed by atoms with Crippen LogP contribution in [0.2, 0.25) is 0 Å². The minimum absolute atomic E-state index is 0.0355. The summed E-state index contributed by atoms with van der Waals surface area (Å²) in [5, 5.41) is 12.5. The highest BCUT2D eigenvalue weighted by molar-refractivity contribution is 7.89. The number of likely N-dealkylation sites (tertiary alicyclic amines) is 1. The van der Waals surface area contributed by atoms with Crippen LogP contribution in [0.25, 0.3) is 0 Å². The average molecular weight is 397 g/mol. The first kappa shape index (κ1) is 19.9. The number of hydrogen-bond acceptors (Lipinski definition) is 5. The maximum Gasteiger partial charge on any atom is 0.317 e. The Morgan fingerprint density at radius 3 is 2.22 bits per heavy atom. The van der Waals surface area contributed by atoms with Gasteiger partial charge in [-0.1, -0.05) is 0 Å². The summed E-state index contributed by atoms with van der Waals surface area (Å²) in [7, 11) is -2.00. The second-order valence-corrected chi connectivity index (χ2v) is 8.96. The molecule has 1 aromatic rings. The first-order valence-corrected chi connectivity index (χ1v) is 10.7. The molecular formula is C18H27N3O5S. The lowest BCUT2D eigenvalue weighted by Gasteiger charge is -2.34. The van der Waals surface area contributed by atoms with E-state index in [2.05, 4.69) is 5.32 Å². The van der Waals surface area contributed by atoms with E-state index in [1.807, 2.05) is 0 Å². The SMILES string of the molecule is COc1ccc(S(=O)(=O)N2CCC(NC(=O)N3CCC(O)CC3)CC2)cc1. The van der Waals surface area contributed by atoms with Crippen molar-refractivity contribution in [2.45, 2.75) is 42.7 Å². The van der Waals surface area contributed by atoms with E-state index in [1.165, 1.54) is 11.4 Å². The fourth-order valence-corrected chi connectivity index (χ4v) is 4.94. The molecule has 0 bridgehead atoms. The number of nitrogens with zero attached hydrogens (tertiary/aromatic N) is 2. The number of carbonyl (C=O) groups is 1. The molecule has 150 valence electrons. The number of rotatable bonds is 4. The largest absolute Gasteiger partial charge is 0.497 e. The number of aliphatic hydroxyl groups is 1. The summed E-state index contributed by atoms with van der Waals surface area (Å²) >= 11 is 0. The summed E-state index contributed by atoms with van der Waals surface area (Å²) in [6.07, 6.45) is 2.05. The van der Waals surface area contributed by atoms with Gasteiger partial charge in [-0.15, -0.1) is 0 Å². The van der Waals surface area contributed by atoms with Gasteiger partial charge < -0.3 is 20.1 Å². The summed E-state index contributed by atoms with van der Waals surface area (Å²) in [6.45, 7) is 1.85. The molecule has 0 unspecified atom stereocenters. The molecule has 2 aliphatic heterocycles. The van der Waals surface area contributed by atoms with Crippen LogP contribution in [-0.2, 0) is 10.0 Å². The van der Waals surface area contributed by atoms with E-state index in [-0.39, 0.29) is 23.1 Å². The first-order valence-electron chi connectivity index (χ1n) is 9.28. The fourth-order valence-electron chi connectivity index (χ4n) is 3.47. The molecule has 2 aliphatic rings. The molecule has 0 aromatic heterocycles. The molecule has 27 heavy (non-hydrogen) atoms. The third-order valence-corrected chi connectivity index (χ3v) is 7.14. The second-order valence-electron chi connectivity index (χ2n) is 7.02. The summed E-state index contributed by atoms with van der Waals surface area (Å²) in [5.74, 6) is 0.612. The minimum Gasteiger partial charge on any atom is -0.497 e. The average Bonchev–Trinajstić information content (AvgIpc) is 2.69. The zero-order valence-corrected chi connectivity index (χ0v) is 16.3. The van der Waals surface area contributed by atoms with Gasteiger partial charge in [0.05, 0.1) is 18.1 Å². The van der Waals surface area contributed by atoms with Crippen LogP contribution < -0.4 is 10.1 Å². The Labute approximate surface area is 160 Å². The lowest BCUT2D eigenvalue weighted by molar-refractivity contribution is 0.0921. The van der Waals surface area contributed by atoms with Crippen LogP contribution >= 0.6 is 0 Å². The predicted octanol–water partition coefficient (Wildman–Crippen LogP) is 1.01. The first-order chi connectivity index (χ1) is 12.9. The Morgan fingerprint density at radius 1 is 1.07 bits per heavy atom. The van der Waals surface area contributed by atoms with E-state index in [0.29, 0.717) is 57.6 Å². The van der Waals surface area contributed by atoms with Crippen LogP contribution in [0.4, 0.5) is 4.79 Å². The second kappa shape index (κ2) is 8.45. The van der Waals surface area contributed by atoms with Crippen molar-refractivity contribution in [3.8, 4) is 5.75 Å². The van der Waals surface area contributed by atoms with Crippen LogP contribution in [-0.4, -0.2) is 74.2 Å². The zero-order chi connectivity index (χ0) is 19.4. The molecule has 2 saturated heterocycles. The van der Waals surface area contributed by atoms with E-state index in [4.69, 9.17) is 4.74 Å². The third-order valence-electron chi connectivity index (χ3n) is 5.23. The van der Waals surface area contributed by atoms with E-state index in [0.717, 1.165) is 0 Å². The van der Waals surface area contributed by atoms with Gasteiger partial charge in [-0.3, -0.25) is 0 Å². The normalized spacial score (nSPS) is 20.4. The molecule has 1 aromatic carbocycles. The molecule has 3 rings (SSSR count). The van der Waals surface area contributed by atoms with Crippen molar-refractivity contribution in [3.05, 3.63) is 24.3 Å². The van der Waals surface area contributed by atoms with Crippen molar-refractivity contribution in [1.29, 1.82) is 0 Å². The summed E-state index contributed by atoms with van der Waals surface area (Å²) in [4.78, 5) is 14.3. The van der Waals surface area contributed by atoms with Crippen molar-refractivity contribution < 1.29 is 23.1 Å². The molecule has 0 spiro atoms. The number of piperidine rings is 2. The van der Waals surface area contributed by atoms with Crippen LogP contribution in [0.5, 0.6) is 5.75 Å². The van der Waals surface area contributed by atoms with Gasteiger partial charge >= 0.3 is 6.03 Å². The topological polar surface area (TPSA) is 99.2 Å². The molecule has 9 heteroatoms. The maximum absolute atomic E-state index is 12.8. The van der Waals surface area contributed by atoms with Crippen LogP contribution in [0.3, 0.4) is 0 Å². The molecule has 0 saturated carbocycles. The van der Waals surface area contributed by atoms with E-state index < -0.39 is 10.0 Å². The number of urea groups is 1. The number of aliphatic hydroxyl groups excluding tert-OH is 1. The van der Waals surface area contributed by atoms with Gasteiger partial charge in [0.15, 0.2) is 0 Å². The Balaban J connectivity index is 1.52. The number of amides is 2. The number of carbonyl (C=O) groups excluding carboxylic acids is 1. The van der Waals surface area contributed by atoms with E-state index >= 15 is 0 Å². The van der Waals surface area contributed by atoms with Crippen molar-refractivity contribution in [3.63, 3.8) is 0 Å². The Kier molecular flexibility index (Phi) is 6.23. The van der Waals surface area contributed by atoms with Crippen LogP contribution in [0, 0.1) is 0 Å². The molecular weight excluding hydrogens is 370 g/mol. The third kappa shape index (κ3) is 4.72. The quantitative estimate of drug-likeness (QED) is 0.790. The number of sulfonamides is 1. The highest BCUT2D eigenvalue weighted by Crippen LogP contribution is 2.23. The number of methoxy groups -OCH3 is 1. The van der Waals surface area contributed by atoms with Gasteiger partial charge in [0.2, 0.25) is 10.0 Å². The molecule has 2 N–H and O–H groups in total. The number of ether oxygens (including phenoxy) is 1. The van der Waals surface area contributed by atoms with Crippen molar-refractivity contribution in [1.82, 2.24) is 14.5 Å². The van der Waals surface area contributed by atoms with Gasteiger partial charge in [-0.2, -0.15) is 4.31 Å². The standard InChI is InChI=1S/C18H27N3O5S/c1-26-16-2-4-17(5-3-16)27(24,25)21-12-6-14(7-13-21)19-18(23)20-10-8-15(22)9-11-20/h2-5,14-15,22H,6-13H2,1H3,(H,19,23). The Bertz CT molecular complexity index is 737. The minimum atomic E-state index is -3.54. The zero-order valence-electron chi connectivity index (χ0n) is 15.5. The van der Waals surface area contributed by atoms with Gasteiger partial charge in [-0.25, -0.2) is 13.2 Å². The molecule has 0 aliphatic carbocycles. The highest BCUT2D eigenvalue weighted by Gasteiger charge is 2.31. The molecule has 8 nitrogen and oxygen atoms in total. The highest BCUT2D eigenvalue weighted by atomic mass is 32.2. The summed E-state index contributed by atoms with van der Waals surface area (Å²) < 4.78 is 32.1. The summed E-state index contributed by atoms with van der Waals surface area (Å²) in [6, 6.07) is 6.20. The van der Waals surface area contributed by atoms with Gasteiger partial charge in [0.25, 0.3) is 0 Å². The molecule has 2 heterocycles. The Morgan fingerprint density at radius 2 is 1.67 bits per heavy atom. The van der Waals surface area contributed by atoms with Gasteiger partial charge in [0, 0.05) is 32.2 Å². The smallest absolute Gasteiger partial charge is 0.317 e. The molecule has 0 radical (unpaired) electrons. The van der Waals surface area contributed by atoms with Gasteiger partial charge in [0.1, 0.15) is 5.75 Å². The number of hydrogen-bond donors (Lipinski definition) is 2. The lowest BCUT2D eigenvalue weighted by atomic mass is 10.1. The van der Waals surface area contributed by atoms with Crippen molar-refractivity contribution in [2.75, 3.05) is 33.3 Å². The molecule has 0 atom stereocenters. The van der Waals surface area contributed by atoms with Crippen molar-refractivity contribution >= 4 is 16.1 Å². The maximum atomic E-state index is 12.8. The number of benzene rings is 1. The lowest BCUT2D eigenvalue weighted by Crippen LogP contribution is -2.52. The van der Waals surface area contributed by atoms with Crippen LogP contribution in [0.15, 0.2) is 29.2 Å². The van der Waals surface area contributed by atoms with Crippen LogP contribution in [0.1, 0.15) is 25.7 Å². The number of nitrogens with one attached hydrogen (secondary N) is 1. The van der Waals surface area contributed by atoms with E-state index in [9.17, 15) is 18.3 Å². The van der Waals surface area contributed by atoms with Crippen molar-refractivity contribution in [2.24, 2.45) is 0 Å². The predicted molar refractivity (Wildman–Crippen MR) is 100 cm³/mol. The monoisotopic (exact) mass is 397 g/mol.